The molecular formula is C18H15Cl2N5O2S. The molecule has 0 bridgehead atoms. The molecule has 1 heterocycles. The fourth-order valence-corrected chi connectivity index (χ4v) is 3.27. The number of phenolic OH excluding ortho intramolecular Hbond substituents is 1. The lowest BCUT2D eigenvalue weighted by atomic mass is 10.2. The number of rotatable bonds is 6. The van der Waals surface area contributed by atoms with E-state index in [1.807, 2.05) is 19.2 Å². The van der Waals surface area contributed by atoms with E-state index in [4.69, 9.17) is 23.2 Å². The van der Waals surface area contributed by atoms with Crippen LogP contribution in [-0.4, -0.2) is 37.7 Å². The van der Waals surface area contributed by atoms with Gasteiger partial charge in [-0.15, -0.1) is 10.2 Å². The maximum absolute atomic E-state index is 12.0. The van der Waals surface area contributed by atoms with Crippen molar-refractivity contribution in [3.8, 4) is 17.1 Å². The number of hydrogen-bond acceptors (Lipinski definition) is 6. The minimum atomic E-state index is -0.321. The number of benzene rings is 2. The maximum atomic E-state index is 12.0. The second-order valence-corrected chi connectivity index (χ2v) is 7.47. The van der Waals surface area contributed by atoms with E-state index in [-0.39, 0.29) is 17.4 Å². The Bertz CT molecular complexity index is 1020. The largest absolute Gasteiger partial charge is 0.507 e. The summed E-state index contributed by atoms with van der Waals surface area (Å²) >= 11 is 13.0. The zero-order valence-corrected chi connectivity index (χ0v) is 17.0. The van der Waals surface area contributed by atoms with Gasteiger partial charge in [0, 0.05) is 28.2 Å². The first-order valence-corrected chi connectivity index (χ1v) is 9.77. The summed E-state index contributed by atoms with van der Waals surface area (Å²) in [4.78, 5) is 12.0. The van der Waals surface area contributed by atoms with Gasteiger partial charge >= 0.3 is 0 Å². The summed E-state index contributed by atoms with van der Waals surface area (Å²) in [5.74, 6) is 0.476. The van der Waals surface area contributed by atoms with Gasteiger partial charge in [-0.2, -0.15) is 5.10 Å². The van der Waals surface area contributed by atoms with E-state index >= 15 is 0 Å². The number of hydrazone groups is 1. The first-order valence-electron chi connectivity index (χ1n) is 8.02. The molecule has 144 valence electrons. The zero-order chi connectivity index (χ0) is 20.1. The second-order valence-electron chi connectivity index (χ2n) is 5.66. The van der Waals surface area contributed by atoms with Gasteiger partial charge in [-0.3, -0.25) is 4.79 Å². The van der Waals surface area contributed by atoms with Crippen molar-refractivity contribution in [2.24, 2.45) is 12.1 Å². The smallest absolute Gasteiger partial charge is 0.250 e. The molecule has 1 aromatic heterocycles. The highest BCUT2D eigenvalue weighted by molar-refractivity contribution is 7.99. The van der Waals surface area contributed by atoms with Crippen LogP contribution < -0.4 is 5.43 Å². The third-order valence-corrected chi connectivity index (χ3v) is 5.16. The third-order valence-electron chi connectivity index (χ3n) is 3.65. The molecule has 0 aliphatic carbocycles. The van der Waals surface area contributed by atoms with Crippen molar-refractivity contribution in [3.05, 3.63) is 58.1 Å². The standard InChI is InChI=1S/C18H15Cl2N5O2S/c1-25-17(11-2-4-13(19)5-3-11)23-24-18(25)28-10-16(27)22-21-9-12-8-14(20)6-7-15(12)26/h2-9,26H,10H2,1H3,(H,22,27)/b21-9-. The molecular weight excluding hydrogens is 421 g/mol. The summed E-state index contributed by atoms with van der Waals surface area (Å²) in [5.41, 5.74) is 3.68. The van der Waals surface area contributed by atoms with Crippen LogP contribution >= 0.6 is 35.0 Å². The quantitative estimate of drug-likeness (QED) is 0.349. The van der Waals surface area contributed by atoms with Crippen LogP contribution in [0, 0.1) is 0 Å². The predicted molar refractivity (Wildman–Crippen MR) is 111 cm³/mol. The van der Waals surface area contributed by atoms with Crippen molar-refractivity contribution in [1.29, 1.82) is 0 Å². The molecule has 0 fully saturated rings. The monoisotopic (exact) mass is 435 g/mol. The van der Waals surface area contributed by atoms with Crippen LogP contribution in [0.5, 0.6) is 5.75 Å². The van der Waals surface area contributed by atoms with Gasteiger partial charge in [0.1, 0.15) is 5.75 Å². The van der Waals surface area contributed by atoms with Gasteiger partial charge < -0.3 is 9.67 Å². The van der Waals surface area contributed by atoms with Gasteiger partial charge in [0.15, 0.2) is 11.0 Å². The van der Waals surface area contributed by atoms with E-state index < -0.39 is 0 Å². The molecule has 0 aliphatic rings. The summed E-state index contributed by atoms with van der Waals surface area (Å²) in [6.45, 7) is 0. The Hall–Kier alpha value is -2.55. The number of nitrogens with one attached hydrogen (secondary N) is 1. The minimum absolute atomic E-state index is 0.0191. The van der Waals surface area contributed by atoms with Gasteiger partial charge in [0.05, 0.1) is 12.0 Å². The van der Waals surface area contributed by atoms with Crippen molar-refractivity contribution >= 4 is 47.1 Å². The first kappa shape index (κ1) is 20.2. The Morgan fingerprint density at radius 3 is 2.68 bits per heavy atom. The van der Waals surface area contributed by atoms with Gasteiger partial charge in [-0.25, -0.2) is 5.43 Å². The fraction of sp³-hybridized carbons (Fsp3) is 0.111. The molecule has 0 aliphatic heterocycles. The number of carbonyl (C=O) groups excluding carboxylic acids is 1. The van der Waals surface area contributed by atoms with Crippen LogP contribution in [0.4, 0.5) is 0 Å². The van der Waals surface area contributed by atoms with E-state index in [1.165, 1.54) is 24.0 Å². The summed E-state index contributed by atoms with van der Waals surface area (Å²) in [7, 11) is 1.82. The van der Waals surface area contributed by atoms with Gasteiger partial charge in [0.2, 0.25) is 0 Å². The molecule has 0 unspecified atom stereocenters. The van der Waals surface area contributed by atoms with Crippen LogP contribution in [0.25, 0.3) is 11.4 Å². The van der Waals surface area contributed by atoms with Crippen LogP contribution in [-0.2, 0) is 11.8 Å². The highest BCUT2D eigenvalue weighted by atomic mass is 35.5. The van der Waals surface area contributed by atoms with E-state index in [9.17, 15) is 9.90 Å². The molecule has 3 aromatic rings. The Balaban J connectivity index is 1.57. The summed E-state index contributed by atoms with van der Waals surface area (Å²) < 4.78 is 1.80. The van der Waals surface area contributed by atoms with Crippen LogP contribution in [0.2, 0.25) is 10.0 Å². The van der Waals surface area contributed by atoms with Crippen molar-refractivity contribution in [2.75, 3.05) is 5.75 Å². The van der Waals surface area contributed by atoms with Crippen molar-refractivity contribution < 1.29 is 9.90 Å². The normalized spacial score (nSPS) is 11.1. The highest BCUT2D eigenvalue weighted by Crippen LogP contribution is 2.24. The van der Waals surface area contributed by atoms with Gasteiger partial charge in [0.25, 0.3) is 5.91 Å². The third kappa shape index (κ3) is 5.03. The lowest BCUT2D eigenvalue weighted by Gasteiger charge is -2.04. The Morgan fingerprint density at radius 1 is 1.21 bits per heavy atom. The average Bonchev–Trinajstić information content (AvgIpc) is 3.04. The molecule has 0 radical (unpaired) electrons. The molecule has 1 amide bonds. The Kier molecular flexibility index (Phi) is 6.56. The minimum Gasteiger partial charge on any atom is -0.507 e. The SMILES string of the molecule is Cn1c(SCC(=O)N/N=C\c2cc(Cl)ccc2O)nnc1-c1ccc(Cl)cc1. The van der Waals surface area contributed by atoms with E-state index in [2.05, 4.69) is 20.7 Å². The molecule has 28 heavy (non-hydrogen) atoms. The lowest BCUT2D eigenvalue weighted by molar-refractivity contribution is -0.118. The number of amides is 1. The highest BCUT2D eigenvalue weighted by Gasteiger charge is 2.12. The Morgan fingerprint density at radius 2 is 1.93 bits per heavy atom. The molecule has 2 N–H and O–H groups in total. The van der Waals surface area contributed by atoms with Crippen LogP contribution in [0.3, 0.4) is 0 Å². The fourth-order valence-electron chi connectivity index (χ4n) is 2.26. The van der Waals surface area contributed by atoms with Crippen LogP contribution in [0.1, 0.15) is 5.56 Å². The second kappa shape index (κ2) is 9.09. The topological polar surface area (TPSA) is 92.4 Å². The zero-order valence-electron chi connectivity index (χ0n) is 14.6. The number of thioether (sulfide) groups is 1. The van der Waals surface area contributed by atoms with Gasteiger partial charge in [-0.1, -0.05) is 35.0 Å². The molecule has 10 heteroatoms. The molecule has 0 spiro atoms. The number of nitrogens with zero attached hydrogens (tertiary/aromatic N) is 4. The summed E-state index contributed by atoms with van der Waals surface area (Å²) in [6.07, 6.45) is 1.32. The molecule has 0 saturated carbocycles. The van der Waals surface area contributed by atoms with E-state index in [0.29, 0.717) is 26.6 Å². The molecule has 0 saturated heterocycles. The van der Waals surface area contributed by atoms with Crippen molar-refractivity contribution in [2.45, 2.75) is 5.16 Å². The summed E-state index contributed by atoms with van der Waals surface area (Å²) in [5, 5.41) is 23.5. The molecule has 3 rings (SSSR count). The number of halogens is 2. The van der Waals surface area contributed by atoms with Crippen molar-refractivity contribution in [1.82, 2.24) is 20.2 Å². The maximum Gasteiger partial charge on any atom is 0.250 e. The van der Waals surface area contributed by atoms with Gasteiger partial charge in [-0.05, 0) is 42.5 Å². The molecule has 0 atom stereocenters. The van der Waals surface area contributed by atoms with E-state index in [0.717, 1.165) is 5.56 Å². The Labute approximate surface area is 175 Å². The first-order chi connectivity index (χ1) is 13.4. The number of aromatic nitrogens is 3. The predicted octanol–water partition coefficient (Wildman–Crippen LogP) is 3.74. The average molecular weight is 436 g/mol. The van der Waals surface area contributed by atoms with E-state index in [1.54, 1.807) is 28.8 Å². The number of carbonyl (C=O) groups is 1. The molecule has 2 aromatic carbocycles. The number of phenols is 1. The van der Waals surface area contributed by atoms with Crippen molar-refractivity contribution in [3.63, 3.8) is 0 Å². The van der Waals surface area contributed by atoms with Crippen LogP contribution in [0.15, 0.2) is 52.7 Å². The lowest BCUT2D eigenvalue weighted by Crippen LogP contribution is -2.19. The molecule has 7 nitrogen and oxygen atoms in total. The number of aromatic hydroxyl groups is 1. The summed E-state index contributed by atoms with van der Waals surface area (Å²) in [6, 6.07) is 11.8. The number of hydrogen-bond donors (Lipinski definition) is 2.